The predicted molar refractivity (Wildman–Crippen MR) is 107 cm³/mol. The van der Waals surface area contributed by atoms with Gasteiger partial charge in [-0.1, -0.05) is 13.8 Å². The molecule has 12 heteroatoms. The van der Waals surface area contributed by atoms with Crippen LogP contribution in [0, 0.1) is 5.82 Å². The van der Waals surface area contributed by atoms with E-state index >= 15 is 0 Å². The number of nitrogens with one attached hydrogen (secondary N) is 1. The summed E-state index contributed by atoms with van der Waals surface area (Å²) in [6, 6.07) is 2.77. The summed E-state index contributed by atoms with van der Waals surface area (Å²) >= 11 is 0. The summed E-state index contributed by atoms with van der Waals surface area (Å²) in [5.74, 6) is -2.95. The number of carbonyl (C=O) groups is 2. The van der Waals surface area contributed by atoms with Crippen molar-refractivity contribution in [2.75, 3.05) is 31.2 Å². The lowest BCUT2D eigenvalue weighted by molar-refractivity contribution is -0.125. The summed E-state index contributed by atoms with van der Waals surface area (Å²) in [6.45, 7) is 4.35. The van der Waals surface area contributed by atoms with Crippen LogP contribution in [0.3, 0.4) is 0 Å². The predicted octanol–water partition coefficient (Wildman–Crippen LogP) is 0.706. The molecule has 1 unspecified atom stereocenters. The molecule has 1 N–H and O–H groups in total. The van der Waals surface area contributed by atoms with Crippen LogP contribution in [0.25, 0.3) is 0 Å². The molecule has 168 valence electrons. The number of sulfonamides is 1. The Morgan fingerprint density at radius 1 is 1.27 bits per heavy atom. The average Bonchev–Trinajstić information content (AvgIpc) is 2.93. The van der Waals surface area contributed by atoms with Crippen LogP contribution in [-0.4, -0.2) is 69.8 Å². The zero-order chi connectivity index (χ0) is 22.7. The molecule has 1 amide bonds. The molecular weight excluding hydrogens is 439 g/mol. The summed E-state index contributed by atoms with van der Waals surface area (Å²) in [4.78, 5) is 23.6. The SMILES string of the molecule is CCN(CC)S(=O)(=O)c1cc(C(=O)OCC(=O)NC2(C)CCS(=O)(=O)C2)ccc1F. The Hall–Kier alpha value is -2.05. The molecule has 1 atom stereocenters. The summed E-state index contributed by atoms with van der Waals surface area (Å²) < 4.78 is 68.4. The quantitative estimate of drug-likeness (QED) is 0.561. The van der Waals surface area contributed by atoms with Gasteiger partial charge in [0.1, 0.15) is 10.7 Å². The van der Waals surface area contributed by atoms with Crippen LogP contribution < -0.4 is 5.32 Å². The Bertz CT molecular complexity index is 1040. The summed E-state index contributed by atoms with van der Waals surface area (Å²) in [6.07, 6.45) is 0.250. The Kier molecular flexibility index (Phi) is 7.25. The smallest absolute Gasteiger partial charge is 0.338 e. The summed E-state index contributed by atoms with van der Waals surface area (Å²) in [7, 11) is -7.37. The molecule has 1 aliphatic heterocycles. The fourth-order valence-electron chi connectivity index (χ4n) is 3.23. The van der Waals surface area contributed by atoms with Gasteiger partial charge >= 0.3 is 5.97 Å². The summed E-state index contributed by atoms with van der Waals surface area (Å²) in [5.41, 5.74) is -1.17. The molecule has 1 saturated heterocycles. The molecule has 1 fully saturated rings. The maximum Gasteiger partial charge on any atom is 0.338 e. The number of hydrogen-bond donors (Lipinski definition) is 1. The third-order valence-corrected chi connectivity index (χ3v) is 8.74. The molecule has 0 radical (unpaired) electrons. The minimum atomic E-state index is -4.14. The van der Waals surface area contributed by atoms with Crippen LogP contribution in [0.15, 0.2) is 23.1 Å². The third-order valence-electron chi connectivity index (χ3n) is 4.77. The number of amides is 1. The van der Waals surface area contributed by atoms with Crippen molar-refractivity contribution in [3.05, 3.63) is 29.6 Å². The highest BCUT2D eigenvalue weighted by atomic mass is 32.2. The molecule has 0 aromatic heterocycles. The second-order valence-electron chi connectivity index (χ2n) is 7.26. The van der Waals surface area contributed by atoms with Gasteiger partial charge in [-0.05, 0) is 31.5 Å². The van der Waals surface area contributed by atoms with Crippen LogP contribution in [-0.2, 0) is 29.4 Å². The molecule has 30 heavy (non-hydrogen) atoms. The second-order valence-corrected chi connectivity index (χ2v) is 11.4. The van der Waals surface area contributed by atoms with Crippen LogP contribution in [0.4, 0.5) is 4.39 Å². The second kappa shape index (κ2) is 8.98. The number of carbonyl (C=O) groups excluding carboxylic acids is 2. The monoisotopic (exact) mass is 464 g/mol. The number of esters is 1. The van der Waals surface area contributed by atoms with E-state index in [0.29, 0.717) is 0 Å². The topological polar surface area (TPSA) is 127 Å². The van der Waals surface area contributed by atoms with E-state index < -0.39 is 54.6 Å². The van der Waals surface area contributed by atoms with Crippen molar-refractivity contribution in [3.8, 4) is 0 Å². The highest BCUT2D eigenvalue weighted by Crippen LogP contribution is 2.23. The van der Waals surface area contributed by atoms with Gasteiger partial charge in [0.15, 0.2) is 16.4 Å². The van der Waals surface area contributed by atoms with E-state index in [1.54, 1.807) is 20.8 Å². The van der Waals surface area contributed by atoms with E-state index in [1.165, 1.54) is 0 Å². The van der Waals surface area contributed by atoms with Crippen molar-refractivity contribution in [1.82, 2.24) is 9.62 Å². The lowest BCUT2D eigenvalue weighted by Gasteiger charge is -2.23. The number of nitrogens with zero attached hydrogens (tertiary/aromatic N) is 1. The molecule has 0 saturated carbocycles. The number of ether oxygens (including phenoxy) is 1. The molecule has 1 aromatic rings. The van der Waals surface area contributed by atoms with Crippen molar-refractivity contribution < 1.29 is 35.6 Å². The zero-order valence-corrected chi connectivity index (χ0v) is 18.6. The number of halogens is 1. The van der Waals surface area contributed by atoms with E-state index in [0.717, 1.165) is 22.5 Å². The molecule has 0 bridgehead atoms. The van der Waals surface area contributed by atoms with E-state index in [9.17, 15) is 30.8 Å². The molecular formula is C18H25FN2O7S2. The molecule has 0 spiro atoms. The Morgan fingerprint density at radius 2 is 1.90 bits per heavy atom. The maximum absolute atomic E-state index is 14.1. The van der Waals surface area contributed by atoms with Crippen molar-refractivity contribution in [2.24, 2.45) is 0 Å². The van der Waals surface area contributed by atoms with E-state index in [1.807, 2.05) is 0 Å². The third kappa shape index (κ3) is 5.55. The zero-order valence-electron chi connectivity index (χ0n) is 17.0. The van der Waals surface area contributed by atoms with Crippen LogP contribution in [0.2, 0.25) is 0 Å². The first-order chi connectivity index (χ1) is 13.8. The molecule has 1 aromatic carbocycles. The van der Waals surface area contributed by atoms with Crippen molar-refractivity contribution >= 4 is 31.7 Å². The Labute approximate surface area is 175 Å². The van der Waals surface area contributed by atoms with Gasteiger partial charge in [-0.25, -0.2) is 26.0 Å². The summed E-state index contributed by atoms with van der Waals surface area (Å²) in [5, 5.41) is 2.53. The van der Waals surface area contributed by atoms with Crippen molar-refractivity contribution in [1.29, 1.82) is 0 Å². The highest BCUT2D eigenvalue weighted by Gasteiger charge is 2.39. The van der Waals surface area contributed by atoms with Gasteiger partial charge in [0.25, 0.3) is 5.91 Å². The minimum absolute atomic E-state index is 0.0388. The minimum Gasteiger partial charge on any atom is -0.452 e. The normalized spacial score (nSPS) is 20.8. The fraction of sp³-hybridized carbons (Fsp3) is 0.556. The molecule has 2 rings (SSSR count). The van der Waals surface area contributed by atoms with Gasteiger partial charge < -0.3 is 10.1 Å². The number of hydrogen-bond acceptors (Lipinski definition) is 7. The number of sulfone groups is 1. The first kappa shape index (κ1) is 24.2. The van der Waals surface area contributed by atoms with Crippen LogP contribution >= 0.6 is 0 Å². The maximum atomic E-state index is 14.1. The highest BCUT2D eigenvalue weighted by molar-refractivity contribution is 7.91. The van der Waals surface area contributed by atoms with Gasteiger partial charge in [-0.3, -0.25) is 4.79 Å². The van der Waals surface area contributed by atoms with E-state index in [-0.39, 0.29) is 36.6 Å². The lowest BCUT2D eigenvalue weighted by Crippen LogP contribution is -2.48. The van der Waals surface area contributed by atoms with Gasteiger partial charge in [0, 0.05) is 13.1 Å². The Morgan fingerprint density at radius 3 is 2.43 bits per heavy atom. The fourth-order valence-corrected chi connectivity index (χ4v) is 6.87. The van der Waals surface area contributed by atoms with Crippen molar-refractivity contribution in [3.63, 3.8) is 0 Å². The standard InChI is InChI=1S/C18H25FN2O7S2/c1-4-21(5-2)30(26,27)15-10-13(6-7-14(15)19)17(23)28-11-16(22)20-18(3)8-9-29(24,25)12-18/h6-7,10H,4-5,8-9,11-12H2,1-3H3,(H,20,22). The molecule has 0 aliphatic carbocycles. The van der Waals surface area contributed by atoms with Crippen LogP contribution in [0.5, 0.6) is 0 Å². The average molecular weight is 465 g/mol. The largest absolute Gasteiger partial charge is 0.452 e. The molecule has 9 nitrogen and oxygen atoms in total. The first-order valence-corrected chi connectivity index (χ1v) is 12.6. The first-order valence-electron chi connectivity index (χ1n) is 9.32. The van der Waals surface area contributed by atoms with E-state index in [2.05, 4.69) is 5.32 Å². The lowest BCUT2D eigenvalue weighted by atomic mass is 10.0. The van der Waals surface area contributed by atoms with Gasteiger partial charge in [-0.2, -0.15) is 4.31 Å². The van der Waals surface area contributed by atoms with Gasteiger partial charge in [0.2, 0.25) is 10.0 Å². The Balaban J connectivity index is 2.08. The number of rotatable bonds is 8. The van der Waals surface area contributed by atoms with Gasteiger partial charge in [0.05, 0.1) is 22.6 Å². The van der Waals surface area contributed by atoms with Crippen molar-refractivity contribution in [2.45, 2.75) is 37.6 Å². The van der Waals surface area contributed by atoms with E-state index in [4.69, 9.17) is 4.74 Å². The molecule has 1 heterocycles. The van der Waals surface area contributed by atoms with Gasteiger partial charge in [-0.15, -0.1) is 0 Å². The number of benzene rings is 1. The van der Waals surface area contributed by atoms with Crippen LogP contribution in [0.1, 0.15) is 37.6 Å². The molecule has 1 aliphatic rings.